The standard InChI is InChI=1S/C26H21N5O4/c32-25(31-14-22-18(12-23(31)26(33)34)16-3-1-2-4-19(16)30-22)17-7-10-35-24(17)13-29-15-5-6-20-21(11-15)28-9-8-27-20/h1-11,23,29-30H,12-14H2,(H,33,34)/t23-/m1/s1. The number of furan rings is 1. The van der Waals surface area contributed by atoms with Gasteiger partial charge in [0.1, 0.15) is 11.8 Å². The minimum Gasteiger partial charge on any atom is -0.480 e. The number of para-hydroxylation sites is 1. The highest BCUT2D eigenvalue weighted by Crippen LogP contribution is 2.32. The fourth-order valence-electron chi connectivity index (χ4n) is 4.72. The smallest absolute Gasteiger partial charge is 0.326 e. The van der Waals surface area contributed by atoms with Gasteiger partial charge < -0.3 is 24.7 Å². The van der Waals surface area contributed by atoms with E-state index in [0.717, 1.165) is 38.9 Å². The fourth-order valence-corrected chi connectivity index (χ4v) is 4.72. The Kier molecular flexibility index (Phi) is 4.95. The van der Waals surface area contributed by atoms with Crippen LogP contribution in [0.2, 0.25) is 0 Å². The number of benzene rings is 2. The molecule has 0 saturated heterocycles. The minimum atomic E-state index is -1.03. The molecule has 1 amide bonds. The number of aliphatic carboxylic acids is 1. The number of rotatable bonds is 5. The molecule has 35 heavy (non-hydrogen) atoms. The molecule has 0 saturated carbocycles. The number of carboxylic acids is 1. The number of nitrogens with one attached hydrogen (secondary N) is 2. The van der Waals surface area contributed by atoms with Crippen molar-refractivity contribution in [1.29, 1.82) is 0 Å². The number of fused-ring (bicyclic) bond motifs is 4. The third-order valence-corrected chi connectivity index (χ3v) is 6.45. The van der Waals surface area contributed by atoms with Crippen LogP contribution in [0.4, 0.5) is 5.69 Å². The maximum Gasteiger partial charge on any atom is 0.326 e. The lowest BCUT2D eigenvalue weighted by molar-refractivity contribution is -0.142. The molecule has 9 nitrogen and oxygen atoms in total. The summed E-state index contributed by atoms with van der Waals surface area (Å²) in [5.41, 5.74) is 5.42. The Balaban J connectivity index is 1.26. The number of anilines is 1. The minimum absolute atomic E-state index is 0.182. The van der Waals surface area contributed by atoms with Crippen LogP contribution in [0.25, 0.3) is 21.9 Å². The zero-order valence-corrected chi connectivity index (χ0v) is 18.6. The summed E-state index contributed by atoms with van der Waals surface area (Å²) in [7, 11) is 0. The molecule has 6 rings (SSSR count). The van der Waals surface area contributed by atoms with Crippen LogP contribution in [-0.4, -0.2) is 42.9 Å². The molecule has 0 unspecified atom stereocenters. The first-order valence-corrected chi connectivity index (χ1v) is 11.2. The third-order valence-electron chi connectivity index (χ3n) is 6.45. The van der Waals surface area contributed by atoms with Crippen LogP contribution in [0.5, 0.6) is 0 Å². The lowest BCUT2D eigenvalue weighted by Crippen LogP contribution is -2.48. The molecular formula is C26H21N5O4. The summed E-state index contributed by atoms with van der Waals surface area (Å²) >= 11 is 0. The molecule has 1 aliphatic heterocycles. The van der Waals surface area contributed by atoms with E-state index >= 15 is 0 Å². The van der Waals surface area contributed by atoms with E-state index in [9.17, 15) is 14.7 Å². The van der Waals surface area contributed by atoms with Crippen molar-refractivity contribution in [1.82, 2.24) is 19.9 Å². The van der Waals surface area contributed by atoms with Crippen molar-refractivity contribution in [2.24, 2.45) is 0 Å². The van der Waals surface area contributed by atoms with E-state index < -0.39 is 12.0 Å². The van der Waals surface area contributed by atoms with Gasteiger partial charge in [0.2, 0.25) is 0 Å². The van der Waals surface area contributed by atoms with Crippen LogP contribution in [0, 0.1) is 0 Å². The van der Waals surface area contributed by atoms with Crippen LogP contribution >= 0.6 is 0 Å². The van der Waals surface area contributed by atoms with Gasteiger partial charge in [0.05, 0.1) is 35.9 Å². The second-order valence-electron chi connectivity index (χ2n) is 8.49. The van der Waals surface area contributed by atoms with Gasteiger partial charge in [-0.1, -0.05) is 18.2 Å². The molecule has 4 heterocycles. The van der Waals surface area contributed by atoms with Crippen molar-refractivity contribution in [3.63, 3.8) is 0 Å². The Morgan fingerprint density at radius 3 is 2.80 bits per heavy atom. The zero-order chi connectivity index (χ0) is 23.9. The number of hydrogen-bond acceptors (Lipinski definition) is 6. The van der Waals surface area contributed by atoms with E-state index in [4.69, 9.17) is 4.42 Å². The number of aromatic nitrogens is 3. The maximum absolute atomic E-state index is 13.6. The van der Waals surface area contributed by atoms with E-state index in [0.29, 0.717) is 11.3 Å². The van der Waals surface area contributed by atoms with Crippen molar-refractivity contribution in [3.8, 4) is 0 Å². The molecule has 5 aromatic rings. The Bertz CT molecular complexity index is 1590. The van der Waals surface area contributed by atoms with Gasteiger partial charge >= 0.3 is 5.97 Å². The van der Waals surface area contributed by atoms with E-state index in [-0.39, 0.29) is 25.4 Å². The highest BCUT2D eigenvalue weighted by Gasteiger charge is 2.37. The van der Waals surface area contributed by atoms with Gasteiger partial charge in [-0.3, -0.25) is 14.8 Å². The van der Waals surface area contributed by atoms with Crippen molar-refractivity contribution in [2.45, 2.75) is 25.6 Å². The molecule has 1 atom stereocenters. The SMILES string of the molecule is O=C(O)[C@H]1Cc2c([nH]c3ccccc23)CN1C(=O)c1ccoc1CNc1ccc2nccnc2c1. The van der Waals surface area contributed by atoms with Gasteiger partial charge in [-0.15, -0.1) is 0 Å². The zero-order valence-electron chi connectivity index (χ0n) is 18.6. The number of H-pyrrole nitrogens is 1. The monoisotopic (exact) mass is 467 g/mol. The summed E-state index contributed by atoms with van der Waals surface area (Å²) < 4.78 is 5.61. The van der Waals surface area contributed by atoms with Crippen molar-refractivity contribution in [2.75, 3.05) is 5.32 Å². The summed E-state index contributed by atoms with van der Waals surface area (Å²) in [5, 5.41) is 14.2. The van der Waals surface area contributed by atoms with Gasteiger partial charge in [-0.05, 0) is 35.9 Å². The predicted octanol–water partition coefficient (Wildman–Crippen LogP) is 3.97. The first-order chi connectivity index (χ1) is 17.1. The Morgan fingerprint density at radius 2 is 1.94 bits per heavy atom. The Morgan fingerprint density at radius 1 is 1.11 bits per heavy atom. The summed E-state index contributed by atoms with van der Waals surface area (Å²) in [5.74, 6) is -0.979. The summed E-state index contributed by atoms with van der Waals surface area (Å²) in [6.07, 6.45) is 4.96. The molecule has 2 aromatic carbocycles. The lowest BCUT2D eigenvalue weighted by atomic mass is 9.96. The number of nitrogens with zero attached hydrogens (tertiary/aromatic N) is 3. The molecule has 9 heteroatoms. The average molecular weight is 467 g/mol. The van der Waals surface area contributed by atoms with Crippen LogP contribution < -0.4 is 5.32 Å². The number of hydrogen-bond donors (Lipinski definition) is 3. The molecule has 1 aliphatic rings. The molecule has 3 aromatic heterocycles. The molecular weight excluding hydrogens is 446 g/mol. The largest absolute Gasteiger partial charge is 0.480 e. The third kappa shape index (κ3) is 3.67. The molecule has 3 N–H and O–H groups in total. The van der Waals surface area contributed by atoms with Crippen LogP contribution in [0.3, 0.4) is 0 Å². The number of amides is 1. The Labute approximate surface area is 199 Å². The van der Waals surface area contributed by atoms with Gasteiger partial charge in [0.25, 0.3) is 5.91 Å². The number of carbonyl (C=O) groups is 2. The van der Waals surface area contributed by atoms with Crippen LogP contribution in [0.15, 0.2) is 71.6 Å². The van der Waals surface area contributed by atoms with Crippen LogP contribution in [0.1, 0.15) is 27.4 Å². The molecule has 0 bridgehead atoms. The fraction of sp³-hybridized carbons (Fsp3) is 0.154. The average Bonchev–Trinajstić information content (AvgIpc) is 3.50. The van der Waals surface area contributed by atoms with E-state index in [1.54, 1.807) is 18.5 Å². The van der Waals surface area contributed by atoms with Gasteiger partial charge in [-0.25, -0.2) is 4.79 Å². The van der Waals surface area contributed by atoms with Gasteiger partial charge in [0, 0.05) is 41.1 Å². The normalized spacial score (nSPS) is 15.3. The number of carboxylic acid groups (broad SMARTS) is 1. The molecule has 174 valence electrons. The first kappa shape index (κ1) is 20.9. The first-order valence-electron chi connectivity index (χ1n) is 11.2. The summed E-state index contributed by atoms with van der Waals surface area (Å²) in [6, 6.07) is 14.0. The Hall–Kier alpha value is -4.66. The van der Waals surface area contributed by atoms with Crippen molar-refractivity contribution in [3.05, 3.63) is 89.8 Å². The predicted molar refractivity (Wildman–Crippen MR) is 129 cm³/mol. The highest BCUT2D eigenvalue weighted by atomic mass is 16.4. The molecule has 0 spiro atoms. The molecule has 0 radical (unpaired) electrons. The van der Waals surface area contributed by atoms with Gasteiger partial charge in [-0.2, -0.15) is 0 Å². The maximum atomic E-state index is 13.6. The lowest BCUT2D eigenvalue weighted by Gasteiger charge is -2.33. The number of carbonyl (C=O) groups excluding carboxylic acids is 1. The summed E-state index contributed by atoms with van der Waals surface area (Å²) in [6.45, 7) is 0.435. The van der Waals surface area contributed by atoms with Gasteiger partial charge in [0.15, 0.2) is 0 Å². The quantitative estimate of drug-likeness (QED) is 0.357. The summed E-state index contributed by atoms with van der Waals surface area (Å²) in [4.78, 5) is 39.0. The highest BCUT2D eigenvalue weighted by molar-refractivity contribution is 5.98. The second-order valence-corrected chi connectivity index (χ2v) is 8.49. The second kappa shape index (κ2) is 8.28. The number of aromatic amines is 1. The van der Waals surface area contributed by atoms with E-state index in [1.807, 2.05) is 42.5 Å². The van der Waals surface area contributed by atoms with Crippen molar-refractivity contribution >= 4 is 39.5 Å². The topological polar surface area (TPSA) is 124 Å². The van der Waals surface area contributed by atoms with Crippen LogP contribution in [-0.2, 0) is 24.3 Å². The van der Waals surface area contributed by atoms with Crippen molar-refractivity contribution < 1.29 is 19.1 Å². The molecule has 0 aliphatic carbocycles. The molecule has 0 fully saturated rings. The van der Waals surface area contributed by atoms with E-state index in [1.165, 1.54) is 11.2 Å². The van der Waals surface area contributed by atoms with E-state index in [2.05, 4.69) is 20.3 Å².